The number of anilines is 1. The van der Waals surface area contributed by atoms with Crippen LogP contribution < -0.4 is 5.32 Å². The maximum Gasteiger partial charge on any atom is 0.416 e. The van der Waals surface area contributed by atoms with Gasteiger partial charge in [0.05, 0.1) is 29.5 Å². The molecule has 0 saturated carbocycles. The molecule has 0 radical (unpaired) electrons. The van der Waals surface area contributed by atoms with Gasteiger partial charge in [0.2, 0.25) is 5.91 Å². The lowest BCUT2D eigenvalue weighted by atomic mass is 10.1. The van der Waals surface area contributed by atoms with Crippen molar-refractivity contribution in [2.75, 3.05) is 5.32 Å². The average Bonchev–Trinajstić information content (AvgIpc) is 3.21. The van der Waals surface area contributed by atoms with Crippen LogP contribution in [0, 0.1) is 17.0 Å². The smallest absolute Gasteiger partial charge is 0.358 e. The predicted octanol–water partition coefficient (Wildman–Crippen LogP) is 3.00. The first kappa shape index (κ1) is 20.0. The standard InChI is InChI=1S/C17H15F3N6O3/c1-11-7-14(21-16(27)10-24-6-5-15(23-24)26(28)29)22-25(11)9-12-3-2-4-13(8-12)17(18,19)20/h2-8H,9-10H2,1H3,(H,21,22,27). The third-order valence-electron chi connectivity index (χ3n) is 3.95. The first-order valence-corrected chi connectivity index (χ1v) is 8.30. The Morgan fingerprint density at radius 1 is 1.24 bits per heavy atom. The molecule has 0 fully saturated rings. The van der Waals surface area contributed by atoms with Gasteiger partial charge in [0.1, 0.15) is 6.54 Å². The van der Waals surface area contributed by atoms with Crippen molar-refractivity contribution in [3.05, 3.63) is 69.5 Å². The van der Waals surface area contributed by atoms with Crippen molar-refractivity contribution in [1.82, 2.24) is 19.6 Å². The summed E-state index contributed by atoms with van der Waals surface area (Å²) >= 11 is 0. The number of nitrogens with zero attached hydrogens (tertiary/aromatic N) is 5. The van der Waals surface area contributed by atoms with Crippen molar-refractivity contribution < 1.29 is 22.9 Å². The number of alkyl halides is 3. The molecule has 1 N–H and O–H groups in total. The molecule has 3 aromatic rings. The van der Waals surface area contributed by atoms with Crippen LogP contribution in [0.1, 0.15) is 16.8 Å². The molecular formula is C17H15F3N6O3. The van der Waals surface area contributed by atoms with Gasteiger partial charge in [0, 0.05) is 11.8 Å². The zero-order valence-corrected chi connectivity index (χ0v) is 15.1. The summed E-state index contributed by atoms with van der Waals surface area (Å²) in [6.07, 6.45) is -3.13. The highest BCUT2D eigenvalue weighted by molar-refractivity contribution is 5.89. The number of amides is 1. The lowest BCUT2D eigenvalue weighted by molar-refractivity contribution is -0.389. The molecule has 152 valence electrons. The van der Waals surface area contributed by atoms with Gasteiger partial charge in [-0.25, -0.2) is 0 Å². The minimum atomic E-state index is -4.43. The monoisotopic (exact) mass is 408 g/mol. The molecule has 12 heteroatoms. The maximum atomic E-state index is 12.8. The van der Waals surface area contributed by atoms with Gasteiger partial charge >= 0.3 is 12.0 Å². The lowest BCUT2D eigenvalue weighted by Crippen LogP contribution is -2.19. The fourth-order valence-corrected chi connectivity index (χ4v) is 2.62. The average molecular weight is 408 g/mol. The highest BCUT2D eigenvalue weighted by Crippen LogP contribution is 2.29. The van der Waals surface area contributed by atoms with Gasteiger partial charge in [-0.15, -0.1) is 0 Å². The van der Waals surface area contributed by atoms with Crippen molar-refractivity contribution >= 4 is 17.5 Å². The Balaban J connectivity index is 1.67. The van der Waals surface area contributed by atoms with Crippen LogP contribution >= 0.6 is 0 Å². The van der Waals surface area contributed by atoms with Crippen molar-refractivity contribution in [1.29, 1.82) is 0 Å². The van der Waals surface area contributed by atoms with Crippen molar-refractivity contribution in [3.63, 3.8) is 0 Å². The topological polar surface area (TPSA) is 108 Å². The highest BCUT2D eigenvalue weighted by atomic mass is 19.4. The molecule has 0 bridgehead atoms. The Kier molecular flexibility index (Phi) is 5.35. The van der Waals surface area contributed by atoms with Crippen LogP contribution in [0.4, 0.5) is 24.8 Å². The van der Waals surface area contributed by atoms with Gasteiger partial charge in [0.25, 0.3) is 0 Å². The molecule has 0 unspecified atom stereocenters. The maximum absolute atomic E-state index is 12.8. The van der Waals surface area contributed by atoms with Gasteiger partial charge in [0.15, 0.2) is 5.82 Å². The molecule has 2 aromatic heterocycles. The molecule has 0 aliphatic carbocycles. The van der Waals surface area contributed by atoms with E-state index in [1.807, 2.05) is 0 Å². The van der Waals surface area contributed by atoms with E-state index in [2.05, 4.69) is 15.5 Å². The van der Waals surface area contributed by atoms with Crippen molar-refractivity contribution in [3.8, 4) is 0 Å². The van der Waals surface area contributed by atoms with Crippen LogP contribution in [-0.4, -0.2) is 30.4 Å². The fourth-order valence-electron chi connectivity index (χ4n) is 2.62. The van der Waals surface area contributed by atoms with E-state index in [-0.39, 0.29) is 24.7 Å². The SMILES string of the molecule is Cc1cc(NC(=O)Cn2ccc([N+](=O)[O-])n2)nn1Cc1cccc(C(F)(F)F)c1. The summed E-state index contributed by atoms with van der Waals surface area (Å²) in [7, 11) is 0. The molecule has 0 spiro atoms. The number of hydrogen-bond acceptors (Lipinski definition) is 5. The van der Waals surface area contributed by atoms with Crippen molar-refractivity contribution in [2.45, 2.75) is 26.2 Å². The van der Waals surface area contributed by atoms with E-state index < -0.39 is 22.6 Å². The van der Waals surface area contributed by atoms with Crippen LogP contribution in [0.5, 0.6) is 0 Å². The third kappa shape index (κ3) is 4.97. The second-order valence-corrected chi connectivity index (χ2v) is 6.20. The minimum absolute atomic E-state index is 0.0942. The number of halogens is 3. The minimum Gasteiger partial charge on any atom is -0.358 e. The Morgan fingerprint density at radius 2 is 2.00 bits per heavy atom. The van der Waals surface area contributed by atoms with Gasteiger partial charge in [-0.1, -0.05) is 12.1 Å². The fraction of sp³-hybridized carbons (Fsp3) is 0.235. The number of nitrogens with one attached hydrogen (secondary N) is 1. The molecule has 0 saturated heterocycles. The molecule has 2 heterocycles. The van der Waals surface area contributed by atoms with Gasteiger partial charge in [-0.2, -0.15) is 23.0 Å². The van der Waals surface area contributed by atoms with Crippen LogP contribution in [0.25, 0.3) is 0 Å². The predicted molar refractivity (Wildman–Crippen MR) is 95.0 cm³/mol. The van der Waals surface area contributed by atoms with Crippen molar-refractivity contribution in [2.24, 2.45) is 0 Å². The number of carbonyl (C=O) groups is 1. The summed E-state index contributed by atoms with van der Waals surface area (Å²) in [5.74, 6) is -0.674. The molecule has 29 heavy (non-hydrogen) atoms. The molecule has 9 nitrogen and oxygen atoms in total. The number of nitro groups is 1. The second-order valence-electron chi connectivity index (χ2n) is 6.20. The summed E-state index contributed by atoms with van der Waals surface area (Å²) in [6.45, 7) is 1.54. The van der Waals surface area contributed by atoms with E-state index in [1.165, 1.54) is 23.0 Å². The number of aryl methyl sites for hydroxylation is 1. The van der Waals surface area contributed by atoms with E-state index in [4.69, 9.17) is 0 Å². The van der Waals surface area contributed by atoms with E-state index in [9.17, 15) is 28.1 Å². The van der Waals surface area contributed by atoms with E-state index in [1.54, 1.807) is 19.1 Å². The number of rotatable bonds is 6. The quantitative estimate of drug-likeness (QED) is 0.498. The molecule has 1 amide bonds. The van der Waals surface area contributed by atoms with Crippen LogP contribution in [0.2, 0.25) is 0 Å². The Morgan fingerprint density at radius 3 is 2.66 bits per heavy atom. The molecule has 3 rings (SSSR count). The zero-order valence-electron chi connectivity index (χ0n) is 15.1. The summed E-state index contributed by atoms with van der Waals surface area (Å²) in [4.78, 5) is 22.0. The Bertz CT molecular complexity index is 1060. The van der Waals surface area contributed by atoms with E-state index in [0.29, 0.717) is 11.3 Å². The van der Waals surface area contributed by atoms with Gasteiger partial charge < -0.3 is 15.4 Å². The number of benzene rings is 1. The lowest BCUT2D eigenvalue weighted by Gasteiger charge is -2.09. The molecule has 0 aliphatic heterocycles. The summed E-state index contributed by atoms with van der Waals surface area (Å²) in [5.41, 5.74) is 0.293. The normalized spacial score (nSPS) is 11.4. The number of hydrogen-bond donors (Lipinski definition) is 1. The zero-order chi connectivity index (χ0) is 21.2. The number of aromatic nitrogens is 4. The Hall–Kier alpha value is -3.70. The molecule has 0 aliphatic rings. The largest absolute Gasteiger partial charge is 0.416 e. The molecule has 0 atom stereocenters. The Labute approximate surface area is 161 Å². The summed E-state index contributed by atoms with van der Waals surface area (Å²) < 4.78 is 41.1. The first-order valence-electron chi connectivity index (χ1n) is 8.30. The number of carbonyl (C=O) groups excluding carboxylic acids is 1. The summed E-state index contributed by atoms with van der Waals surface area (Å²) in [6, 6.07) is 7.65. The summed E-state index contributed by atoms with van der Waals surface area (Å²) in [5, 5.41) is 21.0. The van der Waals surface area contributed by atoms with Gasteiger partial charge in [-0.3, -0.25) is 9.48 Å². The highest BCUT2D eigenvalue weighted by Gasteiger charge is 2.30. The van der Waals surface area contributed by atoms with Gasteiger partial charge in [-0.05, 0) is 29.5 Å². The third-order valence-corrected chi connectivity index (χ3v) is 3.95. The van der Waals surface area contributed by atoms with E-state index in [0.717, 1.165) is 16.8 Å². The second kappa shape index (κ2) is 7.73. The first-order chi connectivity index (χ1) is 13.6. The molecule has 1 aromatic carbocycles. The molecular weight excluding hydrogens is 393 g/mol. The van der Waals surface area contributed by atoms with Crippen LogP contribution in [0.15, 0.2) is 42.6 Å². The van der Waals surface area contributed by atoms with Crippen LogP contribution in [0.3, 0.4) is 0 Å². The van der Waals surface area contributed by atoms with E-state index >= 15 is 0 Å². The van der Waals surface area contributed by atoms with Crippen LogP contribution in [-0.2, 0) is 24.1 Å².